The second-order valence-corrected chi connectivity index (χ2v) is 14.0. The number of piperidine rings is 2. The highest BCUT2D eigenvalue weighted by molar-refractivity contribution is 5.83. The van der Waals surface area contributed by atoms with Gasteiger partial charge in [0.25, 0.3) is 0 Å². The van der Waals surface area contributed by atoms with E-state index in [1.54, 1.807) is 14.2 Å². The van der Waals surface area contributed by atoms with E-state index < -0.39 is 0 Å². The van der Waals surface area contributed by atoms with Gasteiger partial charge in [-0.2, -0.15) is 0 Å². The zero-order valence-corrected chi connectivity index (χ0v) is 26.5. The first-order chi connectivity index (χ1) is 20.3. The summed E-state index contributed by atoms with van der Waals surface area (Å²) in [5, 5.41) is 7.14. The topological polar surface area (TPSA) is 120 Å². The van der Waals surface area contributed by atoms with Gasteiger partial charge in [0.2, 0.25) is 11.8 Å². The maximum atomic E-state index is 13.9. The van der Waals surface area contributed by atoms with Gasteiger partial charge in [0.15, 0.2) is 12.3 Å². The van der Waals surface area contributed by atoms with Gasteiger partial charge in [-0.25, -0.2) is 5.32 Å². The smallest absolute Gasteiger partial charge is 0.234 e. The van der Waals surface area contributed by atoms with Gasteiger partial charge < -0.3 is 29.3 Å². The number of rotatable bonds is 10. The van der Waals surface area contributed by atoms with Gasteiger partial charge in [0.1, 0.15) is 11.8 Å². The Morgan fingerprint density at radius 1 is 0.976 bits per heavy atom. The van der Waals surface area contributed by atoms with Crippen molar-refractivity contribution in [2.24, 2.45) is 35.3 Å². The lowest BCUT2D eigenvalue weighted by Crippen LogP contribution is -3.26. The van der Waals surface area contributed by atoms with Crippen LogP contribution in [0.15, 0.2) is 0 Å². The number of ether oxygens (including phenoxy) is 3. The molecule has 10 atom stereocenters. The lowest BCUT2D eigenvalue weighted by atomic mass is 9.78. The number of nitrogens with one attached hydrogen (secondary N) is 3. The summed E-state index contributed by atoms with van der Waals surface area (Å²) in [4.78, 5) is 30.9. The Labute approximate surface area is 253 Å². The van der Waals surface area contributed by atoms with Gasteiger partial charge in [0.05, 0.1) is 31.0 Å². The van der Waals surface area contributed by atoms with E-state index in [-0.39, 0.29) is 54.4 Å². The van der Waals surface area contributed by atoms with Crippen molar-refractivity contribution in [3.8, 4) is 0 Å². The molecule has 240 valence electrons. The van der Waals surface area contributed by atoms with Crippen molar-refractivity contribution in [2.75, 3.05) is 41.0 Å². The van der Waals surface area contributed by atoms with Crippen LogP contribution in [0.1, 0.15) is 84.0 Å². The second kappa shape index (κ2) is 14.7. The molecule has 2 amide bonds. The Morgan fingerprint density at radius 2 is 1.71 bits per heavy atom. The monoisotopic (exact) mass is 592 g/mol. The van der Waals surface area contributed by atoms with Crippen molar-refractivity contribution in [2.45, 2.75) is 121 Å². The number of hydrogen-bond acceptors (Lipinski definition) is 7. The van der Waals surface area contributed by atoms with Crippen molar-refractivity contribution in [3.05, 3.63) is 0 Å². The number of nitrogens with two attached hydrogens (primary N) is 1. The number of quaternary nitrogens is 1. The quantitative estimate of drug-likeness (QED) is 0.301. The Balaban J connectivity index is 1.23. The van der Waals surface area contributed by atoms with Crippen molar-refractivity contribution in [1.29, 1.82) is 0 Å². The Morgan fingerprint density at radius 3 is 2.43 bits per heavy atom. The molecule has 42 heavy (non-hydrogen) atoms. The summed E-state index contributed by atoms with van der Waals surface area (Å²) in [6.07, 6.45) is 12.7. The molecule has 3 heterocycles. The minimum absolute atomic E-state index is 0.00913. The summed E-state index contributed by atoms with van der Waals surface area (Å²) in [7, 11) is 5.33. The molecule has 0 aromatic rings. The largest absolute Gasteiger partial charge is 0.381 e. The molecule has 2 saturated carbocycles. The molecule has 0 spiro atoms. The third-order valence-electron chi connectivity index (χ3n) is 11.7. The van der Waals surface area contributed by atoms with Crippen LogP contribution in [0.25, 0.3) is 0 Å². The molecule has 10 unspecified atom stereocenters. The zero-order chi connectivity index (χ0) is 29.8. The van der Waals surface area contributed by atoms with Crippen LogP contribution < -0.4 is 21.3 Å². The van der Waals surface area contributed by atoms with Crippen LogP contribution >= 0.6 is 0 Å². The summed E-state index contributed by atoms with van der Waals surface area (Å²) in [6.45, 7) is 4.57. The number of amides is 2. The number of fused-ring (bicyclic) bond motifs is 2. The Hall–Kier alpha value is -1.30. The SMILES string of the molecule is COC1CCC(CC[NH+]2C(N)C(C(=O)NCCC3CCC(OC)C(OC)C3)CC3C(=O)N4CCCC(C)C4NC32)CC1. The number of likely N-dealkylation sites (tertiary alicyclic amines) is 1. The average molecular weight is 593 g/mol. The molecule has 0 radical (unpaired) electrons. The van der Waals surface area contributed by atoms with E-state index in [4.69, 9.17) is 19.9 Å². The van der Waals surface area contributed by atoms with E-state index in [0.717, 1.165) is 70.9 Å². The van der Waals surface area contributed by atoms with E-state index in [1.807, 2.05) is 7.11 Å². The molecular formula is C32H58N5O5+. The highest BCUT2D eigenvalue weighted by Crippen LogP contribution is 2.34. The molecule has 10 nitrogen and oxygen atoms in total. The average Bonchev–Trinajstić information content (AvgIpc) is 3.01. The van der Waals surface area contributed by atoms with Crippen molar-refractivity contribution in [3.63, 3.8) is 0 Å². The van der Waals surface area contributed by atoms with Crippen LogP contribution in [0.2, 0.25) is 0 Å². The fourth-order valence-corrected chi connectivity index (χ4v) is 8.95. The Bertz CT molecular complexity index is 901. The van der Waals surface area contributed by atoms with Crippen molar-refractivity contribution in [1.82, 2.24) is 15.5 Å². The second-order valence-electron chi connectivity index (χ2n) is 14.0. The van der Waals surface area contributed by atoms with E-state index in [1.165, 1.54) is 17.7 Å². The van der Waals surface area contributed by atoms with Crippen molar-refractivity contribution < 1.29 is 28.7 Å². The first kappa shape index (κ1) is 32.1. The van der Waals surface area contributed by atoms with E-state index in [9.17, 15) is 9.59 Å². The molecule has 5 rings (SSSR count). The number of carbonyl (C=O) groups excluding carboxylic acids is 2. The van der Waals surface area contributed by atoms with Crippen molar-refractivity contribution >= 4 is 11.8 Å². The molecule has 10 heteroatoms. The molecular weight excluding hydrogens is 534 g/mol. The fraction of sp³-hybridized carbons (Fsp3) is 0.938. The molecule has 5 aliphatic rings. The maximum Gasteiger partial charge on any atom is 0.234 e. The molecule has 2 aliphatic carbocycles. The minimum Gasteiger partial charge on any atom is -0.381 e. The number of nitrogens with zero attached hydrogens (tertiary/aromatic N) is 1. The van der Waals surface area contributed by atoms with Crippen LogP contribution in [0.5, 0.6) is 0 Å². The Kier molecular flexibility index (Phi) is 11.2. The van der Waals surface area contributed by atoms with Crippen LogP contribution in [-0.2, 0) is 23.8 Å². The normalized spacial score (nSPS) is 42.5. The molecule has 0 aromatic heterocycles. The molecule has 0 aromatic carbocycles. The molecule has 3 saturated heterocycles. The van der Waals surface area contributed by atoms with Crippen LogP contribution in [0.3, 0.4) is 0 Å². The molecule has 5 fully saturated rings. The third kappa shape index (κ3) is 6.99. The van der Waals surface area contributed by atoms with Crippen LogP contribution in [-0.4, -0.2) is 94.5 Å². The summed E-state index contributed by atoms with van der Waals surface area (Å²) in [5.41, 5.74) is 7.01. The lowest BCUT2D eigenvalue weighted by molar-refractivity contribution is -0.965. The standard InChI is InChI=1S/C32H57N5O5/c1-20-6-5-16-37-29(20)35-30-25(32(37)39)19-24(28(33)36(30)17-14-21-7-10-23(40-2)11-8-21)31(38)34-15-13-22-9-12-26(41-3)27(18-22)42-4/h20-30,35H,5-19,33H2,1-4H3,(H,34,38)/p+1. The molecule has 5 N–H and O–H groups in total. The summed E-state index contributed by atoms with van der Waals surface area (Å²) in [5.74, 6) is 1.22. The van der Waals surface area contributed by atoms with Gasteiger partial charge in [-0.3, -0.25) is 15.3 Å². The minimum atomic E-state index is -0.369. The van der Waals surface area contributed by atoms with E-state index in [0.29, 0.717) is 36.8 Å². The van der Waals surface area contributed by atoms with Gasteiger partial charge in [-0.1, -0.05) is 6.92 Å². The zero-order valence-electron chi connectivity index (χ0n) is 26.5. The number of hydrogen-bond donors (Lipinski definition) is 4. The van der Waals surface area contributed by atoms with Gasteiger partial charge in [-0.15, -0.1) is 0 Å². The number of carbonyl (C=O) groups is 2. The first-order valence-electron chi connectivity index (χ1n) is 16.9. The maximum absolute atomic E-state index is 13.9. The first-order valence-corrected chi connectivity index (χ1v) is 16.9. The summed E-state index contributed by atoms with van der Waals surface area (Å²) < 4.78 is 16.9. The van der Waals surface area contributed by atoms with Gasteiger partial charge in [0, 0.05) is 34.4 Å². The van der Waals surface area contributed by atoms with Crippen LogP contribution in [0.4, 0.5) is 0 Å². The lowest BCUT2D eigenvalue weighted by Gasteiger charge is -2.54. The van der Waals surface area contributed by atoms with E-state index in [2.05, 4.69) is 22.5 Å². The predicted molar refractivity (Wildman–Crippen MR) is 160 cm³/mol. The highest BCUT2D eigenvalue weighted by Gasteiger charge is 2.56. The predicted octanol–water partition coefficient (Wildman–Crippen LogP) is 1.24. The molecule has 0 bridgehead atoms. The van der Waals surface area contributed by atoms with Gasteiger partial charge >= 0.3 is 0 Å². The van der Waals surface area contributed by atoms with E-state index >= 15 is 0 Å². The van der Waals surface area contributed by atoms with Gasteiger partial charge in [-0.05, 0) is 94.8 Å². The van der Waals surface area contributed by atoms with Crippen LogP contribution in [0, 0.1) is 29.6 Å². The fourth-order valence-electron chi connectivity index (χ4n) is 8.95. The molecule has 3 aliphatic heterocycles. The summed E-state index contributed by atoms with van der Waals surface area (Å²) in [6, 6.07) is 0. The third-order valence-corrected chi connectivity index (χ3v) is 11.7. The summed E-state index contributed by atoms with van der Waals surface area (Å²) >= 11 is 0. The highest BCUT2D eigenvalue weighted by atomic mass is 16.5. The number of methoxy groups -OCH3 is 3.